The van der Waals surface area contributed by atoms with Crippen molar-refractivity contribution in [3.63, 3.8) is 0 Å². The average Bonchev–Trinajstić information content (AvgIpc) is 2.97. The van der Waals surface area contributed by atoms with Crippen molar-refractivity contribution >= 4 is 5.96 Å². The zero-order valence-corrected chi connectivity index (χ0v) is 9.66. The van der Waals surface area contributed by atoms with E-state index in [0.29, 0.717) is 12.0 Å². The van der Waals surface area contributed by atoms with Crippen LogP contribution < -0.4 is 16.6 Å². The maximum atomic E-state index is 5.53. The van der Waals surface area contributed by atoms with Gasteiger partial charge in [0.25, 0.3) is 0 Å². The van der Waals surface area contributed by atoms with Gasteiger partial charge >= 0.3 is 0 Å². The van der Waals surface area contributed by atoms with Gasteiger partial charge in [-0.1, -0.05) is 0 Å². The first-order chi connectivity index (χ1) is 7.69. The number of nitrogens with zero attached hydrogens (tertiary/aromatic N) is 1. The molecule has 0 aliphatic heterocycles. The Morgan fingerprint density at radius 2 is 2.31 bits per heavy atom. The minimum Gasteiger partial charge on any atom is -0.464 e. The summed E-state index contributed by atoms with van der Waals surface area (Å²) in [6.45, 7) is 3.94. The monoisotopic (exact) mass is 222 g/mol. The van der Waals surface area contributed by atoms with Crippen LogP contribution >= 0.6 is 0 Å². The van der Waals surface area contributed by atoms with Crippen LogP contribution in [0.15, 0.2) is 21.5 Å². The van der Waals surface area contributed by atoms with Crippen molar-refractivity contribution in [2.24, 2.45) is 10.8 Å². The van der Waals surface area contributed by atoms with Gasteiger partial charge in [-0.15, -0.1) is 0 Å². The number of nitrogens with two attached hydrogens (primary N) is 1. The molecule has 1 saturated carbocycles. The van der Waals surface area contributed by atoms with Gasteiger partial charge in [0.2, 0.25) is 5.96 Å². The van der Waals surface area contributed by atoms with Gasteiger partial charge in [0.05, 0.1) is 12.1 Å². The Labute approximate surface area is 95.1 Å². The van der Waals surface area contributed by atoms with Crippen molar-refractivity contribution < 1.29 is 4.42 Å². The van der Waals surface area contributed by atoms with Crippen molar-refractivity contribution in [3.05, 3.63) is 23.7 Å². The van der Waals surface area contributed by atoms with Crippen LogP contribution in [-0.2, 0) is 0 Å². The number of hydrogen-bond acceptors (Lipinski definition) is 3. The molecular formula is C11H18N4O. The molecule has 88 valence electrons. The Bertz CT molecular complexity index is 381. The molecule has 5 nitrogen and oxygen atoms in total. The molecule has 0 spiro atoms. The van der Waals surface area contributed by atoms with Crippen LogP contribution in [0, 0.1) is 6.92 Å². The van der Waals surface area contributed by atoms with Gasteiger partial charge in [-0.2, -0.15) is 0 Å². The lowest BCUT2D eigenvalue weighted by atomic mass is 10.2. The van der Waals surface area contributed by atoms with E-state index in [0.717, 1.165) is 24.4 Å². The first-order valence-electron chi connectivity index (χ1n) is 5.56. The van der Waals surface area contributed by atoms with Gasteiger partial charge < -0.3 is 9.73 Å². The minimum atomic E-state index is 0.0576. The van der Waals surface area contributed by atoms with Gasteiger partial charge in [0, 0.05) is 0 Å². The number of guanidine groups is 1. The number of furan rings is 1. The molecule has 0 radical (unpaired) electrons. The molecule has 5 heteroatoms. The lowest BCUT2D eigenvalue weighted by Crippen LogP contribution is -2.42. The van der Waals surface area contributed by atoms with Gasteiger partial charge in [0.15, 0.2) is 0 Å². The van der Waals surface area contributed by atoms with Crippen LogP contribution in [0.3, 0.4) is 0 Å². The van der Waals surface area contributed by atoms with E-state index in [9.17, 15) is 0 Å². The van der Waals surface area contributed by atoms with Crippen LogP contribution in [0.2, 0.25) is 0 Å². The number of hydrazine groups is 1. The molecule has 0 saturated heterocycles. The van der Waals surface area contributed by atoms with Crippen LogP contribution in [0.5, 0.6) is 0 Å². The number of rotatable bonds is 3. The van der Waals surface area contributed by atoms with Crippen molar-refractivity contribution in [2.75, 3.05) is 0 Å². The zero-order chi connectivity index (χ0) is 11.5. The third kappa shape index (κ3) is 2.76. The number of hydrogen-bond donors (Lipinski definition) is 3. The summed E-state index contributed by atoms with van der Waals surface area (Å²) >= 11 is 0. The van der Waals surface area contributed by atoms with Gasteiger partial charge in [0.1, 0.15) is 11.5 Å². The molecule has 1 fully saturated rings. The molecule has 1 heterocycles. The molecule has 1 aromatic heterocycles. The highest BCUT2D eigenvalue weighted by Crippen LogP contribution is 2.23. The molecule has 0 amide bonds. The van der Waals surface area contributed by atoms with E-state index in [1.807, 2.05) is 26.0 Å². The fraction of sp³-hybridized carbons (Fsp3) is 0.545. The average molecular weight is 222 g/mol. The standard InChI is InChI=1S/C11H18N4O/c1-7-3-6-10(16-7)8(2)13-11(15-12)14-9-4-5-9/h3,6,8-9H,4-5,12H2,1-2H3,(H2,13,14,15). The highest BCUT2D eigenvalue weighted by Gasteiger charge is 2.21. The second-order valence-corrected chi connectivity index (χ2v) is 4.17. The predicted molar refractivity (Wildman–Crippen MR) is 62.8 cm³/mol. The Morgan fingerprint density at radius 3 is 2.81 bits per heavy atom. The summed E-state index contributed by atoms with van der Waals surface area (Å²) in [5.41, 5.74) is 2.58. The molecule has 1 aliphatic rings. The third-order valence-electron chi connectivity index (χ3n) is 2.54. The van der Waals surface area contributed by atoms with Crippen LogP contribution in [-0.4, -0.2) is 12.0 Å². The summed E-state index contributed by atoms with van der Waals surface area (Å²) in [5, 5.41) is 3.19. The number of nitrogens with one attached hydrogen (secondary N) is 2. The Morgan fingerprint density at radius 1 is 1.56 bits per heavy atom. The Balaban J connectivity index is 1.97. The van der Waals surface area contributed by atoms with Crippen LogP contribution in [0.25, 0.3) is 0 Å². The molecular weight excluding hydrogens is 204 g/mol. The highest BCUT2D eigenvalue weighted by atomic mass is 16.3. The van der Waals surface area contributed by atoms with E-state index in [1.54, 1.807) is 0 Å². The fourth-order valence-electron chi connectivity index (χ4n) is 1.46. The normalized spacial score (nSPS) is 18.3. The first kappa shape index (κ1) is 11.0. The minimum absolute atomic E-state index is 0.0576. The number of aryl methyl sites for hydroxylation is 1. The molecule has 1 aromatic rings. The van der Waals surface area contributed by atoms with Crippen molar-refractivity contribution in [1.29, 1.82) is 0 Å². The van der Waals surface area contributed by atoms with E-state index in [-0.39, 0.29) is 6.04 Å². The second kappa shape index (κ2) is 4.57. The maximum Gasteiger partial charge on any atom is 0.206 e. The van der Waals surface area contributed by atoms with E-state index in [4.69, 9.17) is 10.3 Å². The smallest absolute Gasteiger partial charge is 0.206 e. The quantitative estimate of drug-likeness (QED) is 0.311. The van der Waals surface area contributed by atoms with E-state index < -0.39 is 0 Å². The van der Waals surface area contributed by atoms with Crippen molar-refractivity contribution in [2.45, 2.75) is 38.8 Å². The van der Waals surface area contributed by atoms with E-state index >= 15 is 0 Å². The summed E-state index contributed by atoms with van der Waals surface area (Å²) in [7, 11) is 0. The molecule has 0 bridgehead atoms. The van der Waals surface area contributed by atoms with Gasteiger partial charge in [-0.25, -0.2) is 10.8 Å². The second-order valence-electron chi connectivity index (χ2n) is 4.17. The molecule has 2 rings (SSSR count). The molecule has 0 aromatic carbocycles. The molecule has 1 aliphatic carbocycles. The lowest BCUT2D eigenvalue weighted by molar-refractivity contribution is 0.441. The molecule has 16 heavy (non-hydrogen) atoms. The third-order valence-corrected chi connectivity index (χ3v) is 2.54. The summed E-state index contributed by atoms with van der Waals surface area (Å²) in [4.78, 5) is 4.41. The Kier molecular flexibility index (Phi) is 3.14. The fourth-order valence-corrected chi connectivity index (χ4v) is 1.46. The summed E-state index contributed by atoms with van der Waals surface area (Å²) in [6.07, 6.45) is 2.31. The number of aliphatic imine (C=N–C) groups is 1. The summed E-state index contributed by atoms with van der Waals surface area (Å²) in [6, 6.07) is 4.39. The first-order valence-corrected chi connectivity index (χ1v) is 5.56. The largest absolute Gasteiger partial charge is 0.464 e. The van der Waals surface area contributed by atoms with Gasteiger partial charge in [-0.3, -0.25) is 5.43 Å². The van der Waals surface area contributed by atoms with Crippen molar-refractivity contribution in [1.82, 2.24) is 10.7 Å². The van der Waals surface area contributed by atoms with E-state index in [1.165, 1.54) is 0 Å². The molecule has 1 atom stereocenters. The molecule has 4 N–H and O–H groups in total. The summed E-state index contributed by atoms with van der Waals surface area (Å²) in [5.74, 6) is 7.83. The molecule has 1 unspecified atom stereocenters. The van der Waals surface area contributed by atoms with Crippen LogP contribution in [0.1, 0.15) is 37.3 Å². The Hall–Kier alpha value is -1.49. The van der Waals surface area contributed by atoms with Crippen molar-refractivity contribution in [3.8, 4) is 0 Å². The lowest BCUT2D eigenvalue weighted by Gasteiger charge is -2.14. The topological polar surface area (TPSA) is 75.6 Å². The summed E-state index contributed by atoms with van der Waals surface area (Å²) < 4.78 is 5.53. The maximum absolute atomic E-state index is 5.53. The SMILES string of the molecule is Cc1ccc(C(C)NC(=NC2CC2)NN)o1. The van der Waals surface area contributed by atoms with E-state index in [2.05, 4.69) is 15.7 Å². The van der Waals surface area contributed by atoms with Crippen LogP contribution in [0.4, 0.5) is 0 Å². The van der Waals surface area contributed by atoms with Gasteiger partial charge in [-0.05, 0) is 38.8 Å². The predicted octanol–water partition coefficient (Wildman–Crippen LogP) is 1.22. The zero-order valence-electron chi connectivity index (χ0n) is 9.66. The highest BCUT2D eigenvalue weighted by molar-refractivity contribution is 5.79.